The maximum atomic E-state index is 13.0. The molecule has 2 amide bonds. The van der Waals surface area contributed by atoms with Gasteiger partial charge in [0.2, 0.25) is 11.8 Å². The molecule has 1 heterocycles. The number of aromatic nitrogens is 2. The van der Waals surface area contributed by atoms with Gasteiger partial charge in [0, 0.05) is 26.0 Å². The lowest BCUT2D eigenvalue weighted by Crippen LogP contribution is -2.31. The van der Waals surface area contributed by atoms with Crippen LogP contribution in [0.15, 0.2) is 47.3 Å². The maximum Gasteiger partial charge on any atom is 0.273 e. The van der Waals surface area contributed by atoms with Crippen LogP contribution in [0.4, 0.5) is 5.69 Å². The number of carbonyl (C=O) groups is 2. The second-order valence-corrected chi connectivity index (χ2v) is 6.73. The van der Waals surface area contributed by atoms with Crippen LogP contribution in [0.2, 0.25) is 0 Å². The number of para-hydroxylation sites is 2. The van der Waals surface area contributed by atoms with E-state index in [1.807, 2.05) is 0 Å². The first-order chi connectivity index (χ1) is 15.0. The second kappa shape index (κ2) is 9.75. The van der Waals surface area contributed by atoms with Crippen molar-refractivity contribution in [2.24, 2.45) is 0 Å². The number of rotatable bonds is 8. The largest absolute Gasteiger partial charge is 0.497 e. The van der Waals surface area contributed by atoms with E-state index < -0.39 is 11.5 Å². The monoisotopic (exact) mass is 424 g/mol. The molecule has 9 heteroatoms. The van der Waals surface area contributed by atoms with E-state index in [2.05, 4.69) is 15.6 Å². The molecule has 0 saturated heterocycles. The third kappa shape index (κ3) is 5.00. The Labute approximate surface area is 179 Å². The number of aryl methyl sites for hydroxylation is 1. The summed E-state index contributed by atoms with van der Waals surface area (Å²) in [5.74, 6) is 0.433. The van der Waals surface area contributed by atoms with Crippen molar-refractivity contribution < 1.29 is 19.1 Å². The Morgan fingerprint density at radius 3 is 2.55 bits per heavy atom. The Kier molecular flexibility index (Phi) is 6.86. The van der Waals surface area contributed by atoms with E-state index in [1.165, 1.54) is 25.8 Å². The average molecular weight is 424 g/mol. The standard InChI is InChI=1S/C22H24N4O5/c1-23-20(27)11-10-17-22(29)26(18-7-5-4-6-15(18)24-17)13-21(28)25-16-9-8-14(30-2)12-19(16)31-3/h4-9,12H,10-11,13H2,1-3H3,(H,23,27)(H,25,28). The van der Waals surface area contributed by atoms with Crippen LogP contribution in [0.5, 0.6) is 11.5 Å². The number of methoxy groups -OCH3 is 2. The molecule has 3 rings (SSSR count). The minimum Gasteiger partial charge on any atom is -0.497 e. The van der Waals surface area contributed by atoms with Gasteiger partial charge in [-0.2, -0.15) is 0 Å². The van der Waals surface area contributed by atoms with E-state index in [0.717, 1.165) is 0 Å². The third-order valence-corrected chi connectivity index (χ3v) is 4.77. The van der Waals surface area contributed by atoms with Crippen molar-refractivity contribution >= 4 is 28.5 Å². The molecule has 9 nitrogen and oxygen atoms in total. The van der Waals surface area contributed by atoms with Crippen LogP contribution < -0.4 is 25.7 Å². The lowest BCUT2D eigenvalue weighted by Gasteiger charge is -2.14. The quantitative estimate of drug-likeness (QED) is 0.570. The molecular weight excluding hydrogens is 400 g/mol. The normalized spacial score (nSPS) is 10.5. The highest BCUT2D eigenvalue weighted by molar-refractivity contribution is 5.93. The van der Waals surface area contributed by atoms with Crippen LogP contribution in [0.25, 0.3) is 11.0 Å². The highest BCUT2D eigenvalue weighted by atomic mass is 16.5. The zero-order valence-corrected chi connectivity index (χ0v) is 17.6. The predicted octanol–water partition coefficient (Wildman–Crippen LogP) is 1.73. The van der Waals surface area contributed by atoms with Crippen LogP contribution >= 0.6 is 0 Å². The van der Waals surface area contributed by atoms with Crippen LogP contribution in [0.1, 0.15) is 12.1 Å². The van der Waals surface area contributed by atoms with Crippen molar-refractivity contribution in [2.75, 3.05) is 26.6 Å². The molecule has 0 aliphatic rings. The molecule has 31 heavy (non-hydrogen) atoms. The number of ether oxygens (including phenoxy) is 2. The number of amides is 2. The zero-order valence-electron chi connectivity index (χ0n) is 17.6. The van der Waals surface area contributed by atoms with Gasteiger partial charge < -0.3 is 20.1 Å². The van der Waals surface area contributed by atoms with Crippen molar-refractivity contribution in [3.63, 3.8) is 0 Å². The summed E-state index contributed by atoms with van der Waals surface area (Å²) >= 11 is 0. The van der Waals surface area contributed by atoms with Gasteiger partial charge >= 0.3 is 0 Å². The summed E-state index contributed by atoms with van der Waals surface area (Å²) in [7, 11) is 4.56. The Bertz CT molecular complexity index is 1170. The molecule has 3 aromatic rings. The van der Waals surface area contributed by atoms with Crippen molar-refractivity contribution in [2.45, 2.75) is 19.4 Å². The molecule has 0 aliphatic carbocycles. The molecule has 0 bridgehead atoms. The number of hydrogen-bond donors (Lipinski definition) is 2. The van der Waals surface area contributed by atoms with E-state index in [0.29, 0.717) is 28.2 Å². The summed E-state index contributed by atoms with van der Waals surface area (Å²) in [6, 6.07) is 12.1. The number of hydrogen-bond acceptors (Lipinski definition) is 6. The first-order valence-electron chi connectivity index (χ1n) is 9.67. The van der Waals surface area contributed by atoms with E-state index in [9.17, 15) is 14.4 Å². The molecule has 162 valence electrons. The van der Waals surface area contributed by atoms with E-state index in [1.54, 1.807) is 42.5 Å². The molecule has 2 aromatic carbocycles. The van der Waals surface area contributed by atoms with Crippen molar-refractivity contribution in [3.05, 3.63) is 58.5 Å². The molecule has 0 unspecified atom stereocenters. The fourth-order valence-electron chi connectivity index (χ4n) is 3.16. The molecule has 0 saturated carbocycles. The topological polar surface area (TPSA) is 112 Å². The Hall–Kier alpha value is -3.88. The van der Waals surface area contributed by atoms with Gasteiger partial charge in [0.15, 0.2) is 0 Å². The van der Waals surface area contributed by atoms with E-state index >= 15 is 0 Å². The molecule has 0 spiro atoms. The number of nitrogens with one attached hydrogen (secondary N) is 2. The van der Waals surface area contributed by atoms with Gasteiger partial charge in [0.05, 0.1) is 30.9 Å². The minimum atomic E-state index is -0.404. The summed E-state index contributed by atoms with van der Waals surface area (Å²) in [4.78, 5) is 41.8. The number of anilines is 1. The van der Waals surface area contributed by atoms with Crippen LogP contribution in [0, 0.1) is 0 Å². The third-order valence-electron chi connectivity index (χ3n) is 4.77. The summed E-state index contributed by atoms with van der Waals surface area (Å²) in [5.41, 5.74) is 1.40. The Morgan fingerprint density at radius 1 is 1.06 bits per heavy atom. The molecule has 0 atom stereocenters. The van der Waals surface area contributed by atoms with E-state index in [4.69, 9.17) is 9.47 Å². The van der Waals surface area contributed by atoms with Crippen LogP contribution in [-0.2, 0) is 22.6 Å². The Morgan fingerprint density at radius 2 is 1.84 bits per heavy atom. The van der Waals surface area contributed by atoms with Crippen molar-refractivity contribution in [1.82, 2.24) is 14.9 Å². The minimum absolute atomic E-state index is 0.131. The first kappa shape index (κ1) is 21.8. The SMILES string of the molecule is CNC(=O)CCc1nc2ccccc2n(CC(=O)Nc2ccc(OC)cc2OC)c1=O. The fourth-order valence-corrected chi connectivity index (χ4v) is 3.16. The number of carbonyl (C=O) groups excluding carboxylic acids is 2. The van der Waals surface area contributed by atoms with Crippen LogP contribution in [0.3, 0.4) is 0 Å². The lowest BCUT2D eigenvalue weighted by molar-refractivity contribution is -0.120. The summed E-state index contributed by atoms with van der Waals surface area (Å²) in [6.45, 7) is -0.218. The predicted molar refractivity (Wildman–Crippen MR) is 117 cm³/mol. The van der Waals surface area contributed by atoms with Gasteiger partial charge in [-0.15, -0.1) is 0 Å². The van der Waals surface area contributed by atoms with Crippen molar-refractivity contribution in [3.8, 4) is 11.5 Å². The molecule has 0 fully saturated rings. The number of nitrogens with zero attached hydrogens (tertiary/aromatic N) is 2. The van der Waals surface area contributed by atoms with E-state index in [-0.39, 0.29) is 31.0 Å². The van der Waals surface area contributed by atoms with Gasteiger partial charge in [-0.05, 0) is 24.3 Å². The second-order valence-electron chi connectivity index (χ2n) is 6.73. The van der Waals surface area contributed by atoms with Gasteiger partial charge in [-0.3, -0.25) is 19.0 Å². The molecular formula is C22H24N4O5. The summed E-state index contributed by atoms with van der Waals surface area (Å²) in [5, 5.41) is 5.29. The maximum absolute atomic E-state index is 13.0. The molecule has 0 aliphatic heterocycles. The summed E-state index contributed by atoms with van der Waals surface area (Å²) < 4.78 is 11.8. The van der Waals surface area contributed by atoms with Gasteiger partial charge in [-0.25, -0.2) is 4.98 Å². The average Bonchev–Trinajstić information content (AvgIpc) is 2.79. The highest BCUT2D eigenvalue weighted by Crippen LogP contribution is 2.29. The highest BCUT2D eigenvalue weighted by Gasteiger charge is 2.16. The lowest BCUT2D eigenvalue weighted by atomic mass is 10.2. The number of benzene rings is 2. The van der Waals surface area contributed by atoms with Crippen molar-refractivity contribution in [1.29, 1.82) is 0 Å². The smallest absolute Gasteiger partial charge is 0.273 e. The van der Waals surface area contributed by atoms with Gasteiger partial charge in [0.25, 0.3) is 5.56 Å². The zero-order chi connectivity index (χ0) is 22.4. The van der Waals surface area contributed by atoms with Crippen LogP contribution in [-0.4, -0.2) is 42.6 Å². The fraction of sp³-hybridized carbons (Fsp3) is 0.273. The first-order valence-corrected chi connectivity index (χ1v) is 9.67. The molecule has 1 aromatic heterocycles. The molecule has 0 radical (unpaired) electrons. The Balaban J connectivity index is 1.91. The number of fused-ring (bicyclic) bond motifs is 1. The summed E-state index contributed by atoms with van der Waals surface area (Å²) in [6.07, 6.45) is 0.309. The van der Waals surface area contributed by atoms with Gasteiger partial charge in [0.1, 0.15) is 23.7 Å². The molecule has 2 N–H and O–H groups in total. The van der Waals surface area contributed by atoms with Gasteiger partial charge in [-0.1, -0.05) is 12.1 Å².